The first-order chi connectivity index (χ1) is 7.24. The zero-order chi connectivity index (χ0) is 10.7. The summed E-state index contributed by atoms with van der Waals surface area (Å²) in [4.78, 5) is 2.40. The molecule has 0 atom stereocenters. The first-order valence-electron chi connectivity index (χ1n) is 5.77. The van der Waals surface area contributed by atoms with Crippen molar-refractivity contribution in [3.63, 3.8) is 0 Å². The molecule has 0 radical (unpaired) electrons. The van der Waals surface area contributed by atoms with Gasteiger partial charge < -0.3 is 10.6 Å². The summed E-state index contributed by atoms with van der Waals surface area (Å²) in [5.41, 5.74) is 7.94. The lowest BCUT2D eigenvalue weighted by atomic mass is 9.85. The second kappa shape index (κ2) is 4.67. The van der Waals surface area contributed by atoms with Crippen molar-refractivity contribution in [3.8, 4) is 0 Å². The Morgan fingerprint density at radius 2 is 2.20 bits per heavy atom. The molecule has 0 spiro atoms. The smallest absolute Gasteiger partial charge is 0.0317 e. The third-order valence-corrected chi connectivity index (χ3v) is 3.20. The molecule has 2 rings (SSSR count). The lowest BCUT2D eigenvalue weighted by molar-refractivity contribution is 0.200. The fraction of sp³-hybridized carbons (Fsp3) is 0.538. The van der Waals surface area contributed by atoms with Crippen LogP contribution in [-0.2, 0) is 6.54 Å². The van der Waals surface area contributed by atoms with Gasteiger partial charge in [-0.05, 0) is 43.5 Å². The third-order valence-electron chi connectivity index (χ3n) is 3.20. The van der Waals surface area contributed by atoms with Crippen molar-refractivity contribution in [1.82, 2.24) is 4.90 Å². The fourth-order valence-electron chi connectivity index (χ4n) is 2.18. The topological polar surface area (TPSA) is 29.3 Å². The van der Waals surface area contributed by atoms with Crippen LogP contribution in [0.2, 0.25) is 0 Å². The van der Waals surface area contributed by atoms with Crippen LogP contribution in [0.4, 0.5) is 5.69 Å². The van der Waals surface area contributed by atoms with Crippen LogP contribution in [0.15, 0.2) is 24.3 Å². The molecule has 0 bridgehead atoms. The summed E-state index contributed by atoms with van der Waals surface area (Å²) in [6.07, 6.45) is 4.26. The molecule has 0 aromatic heterocycles. The van der Waals surface area contributed by atoms with E-state index in [0.717, 1.165) is 18.2 Å². The molecule has 1 aromatic rings. The van der Waals surface area contributed by atoms with Gasteiger partial charge in [-0.2, -0.15) is 0 Å². The zero-order valence-corrected chi connectivity index (χ0v) is 9.45. The normalized spacial score (nSPS) is 16.7. The molecule has 1 aliphatic rings. The van der Waals surface area contributed by atoms with Gasteiger partial charge >= 0.3 is 0 Å². The Balaban J connectivity index is 1.84. The van der Waals surface area contributed by atoms with E-state index in [-0.39, 0.29) is 0 Å². The molecule has 2 N–H and O–H groups in total. The van der Waals surface area contributed by atoms with E-state index < -0.39 is 0 Å². The van der Waals surface area contributed by atoms with Crippen molar-refractivity contribution in [1.29, 1.82) is 0 Å². The van der Waals surface area contributed by atoms with Crippen LogP contribution in [0.1, 0.15) is 24.8 Å². The quantitative estimate of drug-likeness (QED) is 0.763. The molecule has 0 saturated heterocycles. The van der Waals surface area contributed by atoms with Gasteiger partial charge in [-0.25, -0.2) is 0 Å². The summed E-state index contributed by atoms with van der Waals surface area (Å²) >= 11 is 0. The van der Waals surface area contributed by atoms with E-state index in [4.69, 9.17) is 5.73 Å². The van der Waals surface area contributed by atoms with Gasteiger partial charge in [0.2, 0.25) is 0 Å². The molecular formula is C13H20N2. The Bertz CT molecular complexity index is 318. The molecule has 1 fully saturated rings. The van der Waals surface area contributed by atoms with Gasteiger partial charge in [0, 0.05) is 18.8 Å². The molecule has 0 amide bonds. The number of nitrogens with zero attached hydrogens (tertiary/aromatic N) is 1. The molecule has 0 heterocycles. The fourth-order valence-corrected chi connectivity index (χ4v) is 2.18. The average molecular weight is 204 g/mol. The molecular weight excluding hydrogens is 184 g/mol. The van der Waals surface area contributed by atoms with Crippen LogP contribution in [0.5, 0.6) is 0 Å². The number of hydrogen-bond donors (Lipinski definition) is 1. The van der Waals surface area contributed by atoms with Crippen molar-refractivity contribution in [2.45, 2.75) is 25.8 Å². The van der Waals surface area contributed by atoms with Gasteiger partial charge in [-0.3, -0.25) is 0 Å². The van der Waals surface area contributed by atoms with Gasteiger partial charge in [0.1, 0.15) is 0 Å². The standard InChI is InChI=1S/C13H20N2/c1-15(9-11-4-2-5-11)10-12-6-3-7-13(14)8-12/h3,6-8,11H,2,4-5,9-10,14H2,1H3. The Morgan fingerprint density at radius 3 is 2.80 bits per heavy atom. The Kier molecular flexibility index (Phi) is 3.27. The number of hydrogen-bond acceptors (Lipinski definition) is 2. The number of nitrogen functional groups attached to an aromatic ring is 1. The summed E-state index contributed by atoms with van der Waals surface area (Å²) in [7, 11) is 2.20. The van der Waals surface area contributed by atoms with Crippen LogP contribution < -0.4 is 5.73 Å². The monoisotopic (exact) mass is 204 g/mol. The first-order valence-corrected chi connectivity index (χ1v) is 5.77. The van der Waals surface area contributed by atoms with Crippen molar-refractivity contribution >= 4 is 5.69 Å². The van der Waals surface area contributed by atoms with Gasteiger partial charge in [0.25, 0.3) is 0 Å². The maximum Gasteiger partial charge on any atom is 0.0317 e. The molecule has 1 aromatic carbocycles. The Hall–Kier alpha value is -1.02. The lowest BCUT2D eigenvalue weighted by Crippen LogP contribution is -2.29. The van der Waals surface area contributed by atoms with E-state index in [0.29, 0.717) is 0 Å². The molecule has 15 heavy (non-hydrogen) atoms. The van der Waals surface area contributed by atoms with Crippen molar-refractivity contribution < 1.29 is 0 Å². The summed E-state index contributed by atoms with van der Waals surface area (Å²) in [6, 6.07) is 8.18. The van der Waals surface area contributed by atoms with E-state index in [9.17, 15) is 0 Å². The van der Waals surface area contributed by atoms with Crippen LogP contribution >= 0.6 is 0 Å². The van der Waals surface area contributed by atoms with E-state index in [1.807, 2.05) is 12.1 Å². The van der Waals surface area contributed by atoms with E-state index >= 15 is 0 Å². The van der Waals surface area contributed by atoms with E-state index in [1.54, 1.807) is 0 Å². The summed E-state index contributed by atoms with van der Waals surface area (Å²) in [5.74, 6) is 0.941. The van der Waals surface area contributed by atoms with Gasteiger partial charge in [-0.15, -0.1) is 0 Å². The highest BCUT2D eigenvalue weighted by molar-refractivity contribution is 5.40. The molecule has 2 heteroatoms. The molecule has 0 aliphatic heterocycles. The van der Waals surface area contributed by atoms with E-state index in [2.05, 4.69) is 24.1 Å². The third kappa shape index (κ3) is 2.96. The highest BCUT2D eigenvalue weighted by atomic mass is 15.1. The SMILES string of the molecule is CN(Cc1cccc(N)c1)CC1CCC1. The summed E-state index contributed by atoms with van der Waals surface area (Å²) in [6.45, 7) is 2.25. The van der Waals surface area contributed by atoms with Crippen molar-refractivity contribution in [2.24, 2.45) is 5.92 Å². The highest BCUT2D eigenvalue weighted by Gasteiger charge is 2.18. The average Bonchev–Trinajstić information content (AvgIpc) is 2.11. The maximum atomic E-state index is 5.75. The predicted molar refractivity (Wildman–Crippen MR) is 64.5 cm³/mol. The zero-order valence-electron chi connectivity index (χ0n) is 9.45. The molecule has 0 unspecified atom stereocenters. The van der Waals surface area contributed by atoms with E-state index in [1.165, 1.54) is 31.4 Å². The largest absolute Gasteiger partial charge is 0.399 e. The second-order valence-corrected chi connectivity index (χ2v) is 4.74. The van der Waals surface area contributed by atoms with Gasteiger partial charge in [-0.1, -0.05) is 18.6 Å². The molecule has 1 aliphatic carbocycles. The van der Waals surface area contributed by atoms with Crippen LogP contribution in [-0.4, -0.2) is 18.5 Å². The number of nitrogens with two attached hydrogens (primary N) is 1. The second-order valence-electron chi connectivity index (χ2n) is 4.74. The minimum atomic E-state index is 0.865. The first kappa shape index (κ1) is 10.5. The minimum absolute atomic E-state index is 0.865. The Morgan fingerprint density at radius 1 is 1.40 bits per heavy atom. The summed E-state index contributed by atoms with van der Waals surface area (Å²) < 4.78 is 0. The van der Waals surface area contributed by atoms with Crippen molar-refractivity contribution in [3.05, 3.63) is 29.8 Å². The number of benzene rings is 1. The molecule has 82 valence electrons. The van der Waals surface area contributed by atoms with Crippen LogP contribution in [0.25, 0.3) is 0 Å². The number of rotatable bonds is 4. The van der Waals surface area contributed by atoms with Gasteiger partial charge in [0.15, 0.2) is 0 Å². The maximum absolute atomic E-state index is 5.75. The van der Waals surface area contributed by atoms with Gasteiger partial charge in [0.05, 0.1) is 0 Å². The highest BCUT2D eigenvalue weighted by Crippen LogP contribution is 2.27. The Labute approximate surface area is 92.1 Å². The minimum Gasteiger partial charge on any atom is -0.399 e. The van der Waals surface area contributed by atoms with Crippen molar-refractivity contribution in [2.75, 3.05) is 19.3 Å². The summed E-state index contributed by atoms with van der Waals surface area (Å²) in [5, 5.41) is 0. The predicted octanol–water partition coefficient (Wildman–Crippen LogP) is 2.50. The molecule has 2 nitrogen and oxygen atoms in total. The lowest BCUT2D eigenvalue weighted by Gasteiger charge is -2.30. The molecule has 1 saturated carbocycles. The van der Waals surface area contributed by atoms with Crippen LogP contribution in [0, 0.1) is 5.92 Å². The van der Waals surface area contributed by atoms with Crippen LogP contribution in [0.3, 0.4) is 0 Å². The number of anilines is 1.